The van der Waals surface area contributed by atoms with E-state index in [1.807, 2.05) is 0 Å². The Labute approximate surface area is 86.9 Å². The predicted molar refractivity (Wildman–Crippen MR) is 43.6 cm³/mol. The van der Waals surface area contributed by atoms with Crippen LogP contribution in [0.1, 0.15) is 0 Å². The summed E-state index contributed by atoms with van der Waals surface area (Å²) < 4.78 is 85.6. The highest BCUT2D eigenvalue weighted by atomic mass is 32.2. The smallest absolute Gasteiger partial charge is 0.205 e. The van der Waals surface area contributed by atoms with Crippen LogP contribution in [0.5, 0.6) is 0 Å². The zero-order valence-corrected chi connectivity index (χ0v) is 8.22. The van der Waals surface area contributed by atoms with Crippen LogP contribution >= 0.6 is 0 Å². The molecule has 0 fully saturated rings. The molecule has 0 aliphatic carbocycles. The summed E-state index contributed by atoms with van der Waals surface area (Å²) in [6.45, 7) is 2.71. The van der Waals surface area contributed by atoms with E-state index in [1.54, 1.807) is 0 Å². The number of benzene rings is 1. The van der Waals surface area contributed by atoms with Gasteiger partial charge in [0.2, 0.25) is 15.7 Å². The van der Waals surface area contributed by atoms with Gasteiger partial charge in [0.25, 0.3) is 0 Å². The van der Waals surface area contributed by atoms with Crippen molar-refractivity contribution in [3.63, 3.8) is 0 Å². The van der Waals surface area contributed by atoms with Crippen molar-refractivity contribution < 1.29 is 30.4 Å². The monoisotopic (exact) mass is 258 g/mol. The van der Waals surface area contributed by atoms with E-state index < -0.39 is 43.8 Å². The largest absolute Gasteiger partial charge is 0.219 e. The van der Waals surface area contributed by atoms with E-state index >= 15 is 0 Å². The topological polar surface area (TPSA) is 34.1 Å². The van der Waals surface area contributed by atoms with Crippen molar-refractivity contribution in [3.8, 4) is 0 Å². The van der Waals surface area contributed by atoms with Gasteiger partial charge in [-0.1, -0.05) is 6.58 Å². The lowest BCUT2D eigenvalue weighted by Crippen LogP contribution is -2.10. The maximum atomic E-state index is 12.9. The Morgan fingerprint density at radius 3 is 1.44 bits per heavy atom. The van der Waals surface area contributed by atoms with Gasteiger partial charge < -0.3 is 0 Å². The van der Waals surface area contributed by atoms with Crippen molar-refractivity contribution in [2.24, 2.45) is 0 Å². The molecule has 0 unspecified atom stereocenters. The number of hydrogen-bond acceptors (Lipinski definition) is 2. The highest BCUT2D eigenvalue weighted by Gasteiger charge is 2.31. The summed E-state index contributed by atoms with van der Waals surface area (Å²) in [5, 5.41) is 0.0886. The summed E-state index contributed by atoms with van der Waals surface area (Å²) in [5.74, 6) is -11.9. The standard InChI is InChI=1S/C8H3F5O2S/c1-2-16(14,15)8-6(12)4(10)3(9)5(11)7(8)13/h2H,1H2. The molecule has 0 amide bonds. The average Bonchev–Trinajstić information content (AvgIpc) is 2.23. The van der Waals surface area contributed by atoms with Crippen LogP contribution in [0.4, 0.5) is 22.0 Å². The molecule has 16 heavy (non-hydrogen) atoms. The molecular weight excluding hydrogens is 255 g/mol. The molecule has 88 valence electrons. The Bertz CT molecular complexity index is 535. The number of hydrogen-bond donors (Lipinski definition) is 0. The molecule has 0 saturated heterocycles. The zero-order valence-electron chi connectivity index (χ0n) is 7.40. The fraction of sp³-hybridized carbons (Fsp3) is 0. The van der Waals surface area contributed by atoms with Crippen LogP contribution in [-0.2, 0) is 9.84 Å². The molecule has 0 aliphatic heterocycles. The lowest BCUT2D eigenvalue weighted by molar-refractivity contribution is 0.358. The van der Waals surface area contributed by atoms with Crippen LogP contribution in [0.15, 0.2) is 16.9 Å². The Hall–Kier alpha value is -1.44. The van der Waals surface area contributed by atoms with Gasteiger partial charge in [-0.05, 0) is 0 Å². The Balaban J connectivity index is 3.86. The van der Waals surface area contributed by atoms with Gasteiger partial charge in [-0.2, -0.15) is 0 Å². The normalized spacial score (nSPS) is 11.6. The lowest BCUT2D eigenvalue weighted by atomic mass is 10.3. The molecule has 2 nitrogen and oxygen atoms in total. The van der Waals surface area contributed by atoms with E-state index in [0.29, 0.717) is 0 Å². The van der Waals surface area contributed by atoms with Crippen LogP contribution < -0.4 is 0 Å². The molecular formula is C8H3F5O2S. The summed E-state index contributed by atoms with van der Waals surface area (Å²) in [6, 6.07) is 0. The van der Waals surface area contributed by atoms with E-state index in [9.17, 15) is 30.4 Å². The minimum absolute atomic E-state index is 0.0886. The van der Waals surface area contributed by atoms with Crippen LogP contribution in [0.3, 0.4) is 0 Å². The van der Waals surface area contributed by atoms with Crippen molar-refractivity contribution in [3.05, 3.63) is 41.1 Å². The summed E-state index contributed by atoms with van der Waals surface area (Å²) in [5.41, 5.74) is 0. The second-order valence-electron chi connectivity index (χ2n) is 2.61. The van der Waals surface area contributed by atoms with Crippen molar-refractivity contribution in [2.45, 2.75) is 4.90 Å². The summed E-state index contributed by atoms with van der Waals surface area (Å²) in [4.78, 5) is -1.90. The Kier molecular flexibility index (Phi) is 3.04. The maximum absolute atomic E-state index is 12.9. The first-order valence-electron chi connectivity index (χ1n) is 3.63. The highest BCUT2D eigenvalue weighted by molar-refractivity contribution is 7.94. The molecule has 0 aromatic heterocycles. The van der Waals surface area contributed by atoms with Crippen LogP contribution in [0.25, 0.3) is 0 Å². The molecule has 1 rings (SSSR count). The molecule has 8 heteroatoms. The van der Waals surface area contributed by atoms with Crippen LogP contribution in [-0.4, -0.2) is 8.42 Å². The Morgan fingerprint density at radius 1 is 0.812 bits per heavy atom. The number of halogens is 5. The predicted octanol–water partition coefficient (Wildman–Crippen LogP) is 2.30. The van der Waals surface area contributed by atoms with E-state index in [-0.39, 0.29) is 5.41 Å². The first kappa shape index (κ1) is 12.6. The summed E-state index contributed by atoms with van der Waals surface area (Å²) in [6.07, 6.45) is 0. The molecule has 0 atom stereocenters. The van der Waals surface area contributed by atoms with Gasteiger partial charge in [0.15, 0.2) is 23.3 Å². The fourth-order valence-corrected chi connectivity index (χ4v) is 1.76. The highest BCUT2D eigenvalue weighted by Crippen LogP contribution is 2.27. The van der Waals surface area contributed by atoms with Gasteiger partial charge in [-0.15, -0.1) is 0 Å². The third-order valence-corrected chi connectivity index (χ3v) is 3.04. The quantitative estimate of drug-likeness (QED) is 0.353. The van der Waals surface area contributed by atoms with Crippen LogP contribution in [0.2, 0.25) is 0 Å². The van der Waals surface area contributed by atoms with Gasteiger partial charge >= 0.3 is 0 Å². The minimum atomic E-state index is -4.75. The molecule has 1 aromatic carbocycles. The maximum Gasteiger partial charge on any atom is 0.205 e. The van der Waals surface area contributed by atoms with Crippen molar-refractivity contribution in [1.82, 2.24) is 0 Å². The van der Waals surface area contributed by atoms with Gasteiger partial charge in [0.05, 0.1) is 0 Å². The van der Waals surface area contributed by atoms with E-state index in [4.69, 9.17) is 0 Å². The van der Waals surface area contributed by atoms with Gasteiger partial charge in [-0.25, -0.2) is 30.4 Å². The molecule has 0 aliphatic rings. The third-order valence-electron chi connectivity index (χ3n) is 1.67. The van der Waals surface area contributed by atoms with Crippen molar-refractivity contribution in [1.29, 1.82) is 0 Å². The second kappa shape index (κ2) is 3.85. The SMILES string of the molecule is C=CS(=O)(=O)c1c(F)c(F)c(F)c(F)c1F. The van der Waals surface area contributed by atoms with E-state index in [1.165, 1.54) is 0 Å². The molecule has 0 bridgehead atoms. The van der Waals surface area contributed by atoms with Crippen molar-refractivity contribution in [2.75, 3.05) is 0 Å². The molecule has 0 radical (unpaired) electrons. The van der Waals surface area contributed by atoms with E-state index in [2.05, 4.69) is 6.58 Å². The molecule has 1 aromatic rings. The fourth-order valence-electron chi connectivity index (χ4n) is 0.918. The van der Waals surface area contributed by atoms with Gasteiger partial charge in [-0.3, -0.25) is 0 Å². The minimum Gasteiger partial charge on any atom is -0.219 e. The molecule has 0 N–H and O–H groups in total. The summed E-state index contributed by atoms with van der Waals surface area (Å²) >= 11 is 0. The van der Waals surface area contributed by atoms with Crippen LogP contribution in [0, 0.1) is 29.1 Å². The molecule has 0 heterocycles. The number of sulfone groups is 1. The molecule has 0 saturated carbocycles. The Morgan fingerprint density at radius 2 is 1.12 bits per heavy atom. The van der Waals surface area contributed by atoms with Gasteiger partial charge in [0, 0.05) is 5.41 Å². The first-order valence-corrected chi connectivity index (χ1v) is 5.17. The van der Waals surface area contributed by atoms with Crippen molar-refractivity contribution >= 4 is 9.84 Å². The zero-order chi connectivity index (χ0) is 12.7. The summed E-state index contributed by atoms with van der Waals surface area (Å²) in [7, 11) is -4.75. The van der Waals surface area contributed by atoms with Gasteiger partial charge in [0.1, 0.15) is 4.90 Å². The number of rotatable bonds is 2. The van der Waals surface area contributed by atoms with E-state index in [0.717, 1.165) is 0 Å². The lowest BCUT2D eigenvalue weighted by Gasteiger charge is -2.05. The second-order valence-corrected chi connectivity index (χ2v) is 4.44. The molecule has 0 spiro atoms. The average molecular weight is 258 g/mol. The first-order chi connectivity index (χ1) is 7.24. The third kappa shape index (κ3) is 1.69.